The second kappa shape index (κ2) is 5.13. The molecule has 0 atom stereocenters. The number of aromatic nitrogens is 2. The zero-order chi connectivity index (χ0) is 13.0. The zero-order valence-corrected chi connectivity index (χ0v) is 9.62. The monoisotopic (exact) mass is 245 g/mol. The summed E-state index contributed by atoms with van der Waals surface area (Å²) in [6, 6.07) is 4.71. The highest BCUT2D eigenvalue weighted by molar-refractivity contribution is 6.05. The molecule has 1 amide bonds. The minimum atomic E-state index is -0.429. The van der Waals surface area contributed by atoms with E-state index in [1.807, 2.05) is 0 Å². The fraction of sp³-hybridized carbons (Fsp3) is 0.0833. The second-order valence-corrected chi connectivity index (χ2v) is 3.44. The van der Waals surface area contributed by atoms with Crippen LogP contribution in [0.3, 0.4) is 0 Å². The molecule has 0 aliphatic carbocycles. The summed E-state index contributed by atoms with van der Waals surface area (Å²) in [6.07, 6.45) is 4.11. The number of rotatable bonds is 3. The van der Waals surface area contributed by atoms with Crippen molar-refractivity contribution in [3.63, 3.8) is 0 Å². The van der Waals surface area contributed by atoms with Crippen LogP contribution >= 0.6 is 0 Å². The Labute approximate surface area is 103 Å². The summed E-state index contributed by atoms with van der Waals surface area (Å²) >= 11 is 0. The van der Waals surface area contributed by atoms with Crippen molar-refractivity contribution in [3.05, 3.63) is 42.4 Å². The first kappa shape index (κ1) is 11.8. The number of aromatic hydroxyl groups is 1. The Morgan fingerprint density at radius 1 is 1.33 bits per heavy atom. The molecule has 6 nitrogen and oxygen atoms in total. The molecular formula is C12H11N3O3. The van der Waals surface area contributed by atoms with Gasteiger partial charge in [-0.3, -0.25) is 9.78 Å². The summed E-state index contributed by atoms with van der Waals surface area (Å²) in [5.41, 5.74) is 0.665. The van der Waals surface area contributed by atoms with Crippen LogP contribution in [0.2, 0.25) is 0 Å². The van der Waals surface area contributed by atoms with Gasteiger partial charge in [0.1, 0.15) is 5.75 Å². The van der Waals surface area contributed by atoms with Gasteiger partial charge in [-0.05, 0) is 12.1 Å². The first-order valence-corrected chi connectivity index (χ1v) is 5.15. The van der Waals surface area contributed by atoms with Gasteiger partial charge < -0.3 is 15.2 Å². The van der Waals surface area contributed by atoms with Gasteiger partial charge in [0.2, 0.25) is 5.88 Å². The van der Waals surface area contributed by atoms with E-state index in [4.69, 9.17) is 4.74 Å². The summed E-state index contributed by atoms with van der Waals surface area (Å²) < 4.78 is 4.91. The highest BCUT2D eigenvalue weighted by Crippen LogP contribution is 2.17. The van der Waals surface area contributed by atoms with Gasteiger partial charge in [-0.1, -0.05) is 0 Å². The van der Waals surface area contributed by atoms with Crippen LogP contribution in [0.1, 0.15) is 10.4 Å². The molecule has 92 valence electrons. The van der Waals surface area contributed by atoms with E-state index in [1.165, 1.54) is 31.8 Å². The third kappa shape index (κ3) is 2.54. The average molecular weight is 245 g/mol. The number of hydrogen-bond acceptors (Lipinski definition) is 5. The van der Waals surface area contributed by atoms with Crippen molar-refractivity contribution >= 4 is 11.6 Å². The second-order valence-electron chi connectivity index (χ2n) is 3.44. The molecule has 0 bridgehead atoms. The highest BCUT2D eigenvalue weighted by Gasteiger charge is 2.10. The van der Waals surface area contributed by atoms with Gasteiger partial charge in [-0.15, -0.1) is 0 Å². The minimum Gasteiger partial charge on any atom is -0.505 e. The van der Waals surface area contributed by atoms with Crippen LogP contribution in [-0.4, -0.2) is 28.1 Å². The molecule has 0 aliphatic rings. The SMILES string of the molecule is COc1ccc(NC(=O)c2ccncc2O)cn1. The Kier molecular flexibility index (Phi) is 3.38. The van der Waals surface area contributed by atoms with Crippen LogP contribution < -0.4 is 10.1 Å². The molecule has 2 aromatic rings. The number of nitrogens with one attached hydrogen (secondary N) is 1. The molecule has 0 aromatic carbocycles. The van der Waals surface area contributed by atoms with Crippen LogP contribution in [0.5, 0.6) is 11.6 Å². The van der Waals surface area contributed by atoms with E-state index in [0.29, 0.717) is 11.6 Å². The van der Waals surface area contributed by atoms with E-state index in [2.05, 4.69) is 15.3 Å². The maximum atomic E-state index is 11.8. The first-order valence-electron chi connectivity index (χ1n) is 5.15. The molecule has 6 heteroatoms. The maximum Gasteiger partial charge on any atom is 0.259 e. The lowest BCUT2D eigenvalue weighted by molar-refractivity contribution is 0.102. The van der Waals surface area contributed by atoms with Crippen LogP contribution in [0, 0.1) is 0 Å². The van der Waals surface area contributed by atoms with Crippen molar-refractivity contribution in [2.24, 2.45) is 0 Å². The summed E-state index contributed by atoms with van der Waals surface area (Å²) in [7, 11) is 1.51. The van der Waals surface area contributed by atoms with E-state index in [1.54, 1.807) is 12.1 Å². The smallest absolute Gasteiger partial charge is 0.259 e. The molecule has 2 N–H and O–H groups in total. The van der Waals surface area contributed by atoms with Crippen LogP contribution in [0.15, 0.2) is 36.8 Å². The zero-order valence-electron chi connectivity index (χ0n) is 9.62. The summed E-state index contributed by atoms with van der Waals surface area (Å²) in [5.74, 6) is -0.141. The van der Waals surface area contributed by atoms with Gasteiger partial charge in [-0.2, -0.15) is 0 Å². The predicted molar refractivity (Wildman–Crippen MR) is 64.6 cm³/mol. The minimum absolute atomic E-state index is 0.154. The third-order valence-electron chi connectivity index (χ3n) is 2.25. The molecule has 2 heterocycles. The quantitative estimate of drug-likeness (QED) is 0.854. The van der Waals surface area contributed by atoms with E-state index in [0.717, 1.165) is 0 Å². The summed E-state index contributed by atoms with van der Waals surface area (Å²) in [6.45, 7) is 0. The number of methoxy groups -OCH3 is 1. The number of pyridine rings is 2. The average Bonchev–Trinajstić information content (AvgIpc) is 2.40. The molecule has 0 fully saturated rings. The highest BCUT2D eigenvalue weighted by atomic mass is 16.5. The fourth-order valence-corrected chi connectivity index (χ4v) is 1.35. The normalized spacial score (nSPS) is 9.83. The number of nitrogens with zero attached hydrogens (tertiary/aromatic N) is 2. The number of carbonyl (C=O) groups excluding carboxylic acids is 1. The van der Waals surface area contributed by atoms with Gasteiger partial charge in [0, 0.05) is 12.3 Å². The number of anilines is 1. The third-order valence-corrected chi connectivity index (χ3v) is 2.25. The lowest BCUT2D eigenvalue weighted by Gasteiger charge is -2.06. The maximum absolute atomic E-state index is 11.8. The lowest BCUT2D eigenvalue weighted by Crippen LogP contribution is -2.12. The van der Waals surface area contributed by atoms with Crippen molar-refractivity contribution in [2.45, 2.75) is 0 Å². The van der Waals surface area contributed by atoms with Gasteiger partial charge in [0.25, 0.3) is 5.91 Å². The van der Waals surface area contributed by atoms with Crippen molar-refractivity contribution in [1.82, 2.24) is 9.97 Å². The molecule has 0 saturated heterocycles. The van der Waals surface area contributed by atoms with Crippen molar-refractivity contribution in [3.8, 4) is 11.6 Å². The Hall–Kier alpha value is -2.63. The largest absolute Gasteiger partial charge is 0.505 e. The Bertz CT molecular complexity index is 555. The summed E-state index contributed by atoms with van der Waals surface area (Å²) in [4.78, 5) is 19.5. The van der Waals surface area contributed by atoms with Crippen LogP contribution in [-0.2, 0) is 0 Å². The Balaban J connectivity index is 2.14. The molecule has 0 unspecified atom stereocenters. The lowest BCUT2D eigenvalue weighted by atomic mass is 10.2. The van der Waals surface area contributed by atoms with Crippen LogP contribution in [0.4, 0.5) is 5.69 Å². The van der Waals surface area contributed by atoms with Gasteiger partial charge in [0.05, 0.1) is 30.8 Å². The number of carbonyl (C=O) groups is 1. The molecule has 0 radical (unpaired) electrons. The molecule has 0 spiro atoms. The standard InChI is InChI=1S/C12H11N3O3/c1-18-11-3-2-8(6-14-11)15-12(17)9-4-5-13-7-10(9)16/h2-7,16H,1H3,(H,15,17). The Morgan fingerprint density at radius 2 is 2.17 bits per heavy atom. The number of amides is 1. The topological polar surface area (TPSA) is 84.3 Å². The van der Waals surface area contributed by atoms with E-state index in [-0.39, 0.29) is 11.3 Å². The summed E-state index contributed by atoms with van der Waals surface area (Å²) in [5, 5.41) is 12.1. The van der Waals surface area contributed by atoms with Crippen molar-refractivity contribution in [1.29, 1.82) is 0 Å². The predicted octanol–water partition coefficient (Wildman–Crippen LogP) is 1.44. The molecular weight excluding hydrogens is 234 g/mol. The van der Waals surface area contributed by atoms with E-state index >= 15 is 0 Å². The Morgan fingerprint density at radius 3 is 2.78 bits per heavy atom. The molecule has 0 saturated carbocycles. The molecule has 0 aliphatic heterocycles. The molecule has 18 heavy (non-hydrogen) atoms. The van der Waals surface area contributed by atoms with Crippen LogP contribution in [0.25, 0.3) is 0 Å². The van der Waals surface area contributed by atoms with Gasteiger partial charge in [0.15, 0.2) is 0 Å². The van der Waals surface area contributed by atoms with E-state index < -0.39 is 5.91 Å². The number of ether oxygens (including phenoxy) is 1. The number of hydrogen-bond donors (Lipinski definition) is 2. The van der Waals surface area contributed by atoms with E-state index in [9.17, 15) is 9.90 Å². The van der Waals surface area contributed by atoms with Crippen molar-refractivity contribution < 1.29 is 14.6 Å². The first-order chi connectivity index (χ1) is 8.70. The molecule has 2 rings (SSSR count). The fourth-order valence-electron chi connectivity index (χ4n) is 1.35. The molecule has 2 aromatic heterocycles. The van der Waals surface area contributed by atoms with Gasteiger partial charge >= 0.3 is 0 Å². The van der Waals surface area contributed by atoms with Crippen molar-refractivity contribution in [2.75, 3.05) is 12.4 Å². The van der Waals surface area contributed by atoms with Gasteiger partial charge in [-0.25, -0.2) is 4.98 Å².